The van der Waals surface area contributed by atoms with Crippen molar-refractivity contribution in [1.82, 2.24) is 9.78 Å². The van der Waals surface area contributed by atoms with E-state index < -0.39 is 11.9 Å². The predicted molar refractivity (Wildman–Crippen MR) is 90.9 cm³/mol. The number of rotatable bonds is 6. The molecule has 0 radical (unpaired) electrons. The number of amides is 1. The zero-order valence-corrected chi connectivity index (χ0v) is 14.8. The van der Waals surface area contributed by atoms with E-state index in [4.69, 9.17) is 4.74 Å². The lowest BCUT2D eigenvalue weighted by atomic mass is 10.1. The Morgan fingerprint density at radius 2 is 2.04 bits per heavy atom. The van der Waals surface area contributed by atoms with Crippen LogP contribution in [-0.4, -0.2) is 34.0 Å². The fraction of sp³-hybridized carbons (Fsp3) is 0.375. The zero-order chi connectivity index (χ0) is 17.9. The number of hydrogen-bond acceptors (Lipinski definition) is 6. The number of carbonyl (C=O) groups is 3. The number of aromatic nitrogens is 2. The van der Waals surface area contributed by atoms with Gasteiger partial charge in [0.15, 0.2) is 5.78 Å². The summed E-state index contributed by atoms with van der Waals surface area (Å²) in [5.41, 5.74) is 1.12. The number of ketones is 1. The summed E-state index contributed by atoms with van der Waals surface area (Å²) in [5, 5.41) is 7.07. The Kier molecular flexibility index (Phi) is 5.50. The second-order valence-corrected chi connectivity index (χ2v) is 6.04. The SMILES string of the molecule is CCOC(=O)c1c(NC(=O)c2ccnn2CC)sc(C(C)=O)c1C. The summed E-state index contributed by atoms with van der Waals surface area (Å²) in [6.45, 7) is 7.42. The number of carbonyl (C=O) groups excluding carboxylic acids is 3. The quantitative estimate of drug-likeness (QED) is 0.640. The van der Waals surface area contributed by atoms with Gasteiger partial charge in [-0.05, 0) is 39.3 Å². The van der Waals surface area contributed by atoms with Gasteiger partial charge >= 0.3 is 5.97 Å². The van der Waals surface area contributed by atoms with Crippen LogP contribution in [0.25, 0.3) is 0 Å². The molecule has 0 saturated heterocycles. The highest BCUT2D eigenvalue weighted by Crippen LogP contribution is 2.34. The number of anilines is 1. The first-order valence-electron chi connectivity index (χ1n) is 7.55. The zero-order valence-electron chi connectivity index (χ0n) is 14.0. The molecule has 2 aromatic rings. The van der Waals surface area contributed by atoms with Crippen LogP contribution < -0.4 is 5.32 Å². The van der Waals surface area contributed by atoms with Crippen molar-refractivity contribution in [2.24, 2.45) is 0 Å². The molecule has 2 heterocycles. The van der Waals surface area contributed by atoms with Gasteiger partial charge in [0.1, 0.15) is 10.7 Å². The van der Waals surface area contributed by atoms with Crippen molar-refractivity contribution in [3.63, 3.8) is 0 Å². The van der Waals surface area contributed by atoms with E-state index in [9.17, 15) is 14.4 Å². The fourth-order valence-electron chi connectivity index (χ4n) is 2.33. The summed E-state index contributed by atoms with van der Waals surface area (Å²) in [4.78, 5) is 36.9. The van der Waals surface area contributed by atoms with Gasteiger partial charge < -0.3 is 10.1 Å². The highest BCUT2D eigenvalue weighted by molar-refractivity contribution is 7.18. The highest BCUT2D eigenvalue weighted by atomic mass is 32.1. The number of Topliss-reactive ketones (excluding diaryl/α,β-unsaturated/α-hetero) is 1. The Hall–Kier alpha value is -2.48. The monoisotopic (exact) mass is 349 g/mol. The molecule has 0 saturated carbocycles. The van der Waals surface area contributed by atoms with Crippen LogP contribution in [0.4, 0.5) is 5.00 Å². The lowest BCUT2D eigenvalue weighted by Gasteiger charge is -2.08. The van der Waals surface area contributed by atoms with Gasteiger partial charge in [0.2, 0.25) is 0 Å². The first kappa shape index (κ1) is 17.9. The van der Waals surface area contributed by atoms with Gasteiger partial charge in [-0.1, -0.05) is 0 Å². The van der Waals surface area contributed by atoms with Crippen LogP contribution in [0.2, 0.25) is 0 Å². The van der Waals surface area contributed by atoms with E-state index in [1.807, 2.05) is 6.92 Å². The molecule has 0 aliphatic rings. The lowest BCUT2D eigenvalue weighted by Crippen LogP contribution is -2.18. The van der Waals surface area contributed by atoms with E-state index in [1.54, 1.807) is 24.6 Å². The minimum atomic E-state index is -0.557. The average molecular weight is 349 g/mol. The Bertz CT molecular complexity index is 791. The number of aryl methyl sites for hydroxylation is 1. The van der Waals surface area contributed by atoms with E-state index in [0.717, 1.165) is 11.3 Å². The van der Waals surface area contributed by atoms with Crippen molar-refractivity contribution in [2.75, 3.05) is 11.9 Å². The summed E-state index contributed by atoms with van der Waals surface area (Å²) in [5.74, 6) is -1.11. The fourth-order valence-corrected chi connectivity index (χ4v) is 3.42. The second-order valence-electron chi connectivity index (χ2n) is 5.02. The second kappa shape index (κ2) is 7.39. The molecule has 1 amide bonds. The van der Waals surface area contributed by atoms with E-state index in [1.165, 1.54) is 13.1 Å². The minimum absolute atomic E-state index is 0.165. The largest absolute Gasteiger partial charge is 0.462 e. The Balaban J connectivity index is 2.42. The van der Waals surface area contributed by atoms with Gasteiger partial charge in [-0.25, -0.2) is 4.79 Å². The molecule has 0 aliphatic heterocycles. The molecule has 0 bridgehead atoms. The minimum Gasteiger partial charge on any atom is -0.462 e. The number of ether oxygens (including phenoxy) is 1. The van der Waals surface area contributed by atoms with Crippen LogP contribution in [-0.2, 0) is 11.3 Å². The van der Waals surface area contributed by atoms with Gasteiger partial charge in [-0.3, -0.25) is 14.3 Å². The van der Waals surface area contributed by atoms with Gasteiger partial charge in [-0.15, -0.1) is 11.3 Å². The molecule has 0 unspecified atom stereocenters. The maximum Gasteiger partial charge on any atom is 0.341 e. The maximum absolute atomic E-state index is 12.5. The molecule has 1 N–H and O–H groups in total. The summed E-state index contributed by atoms with van der Waals surface area (Å²) >= 11 is 1.08. The van der Waals surface area contributed by atoms with Crippen LogP contribution in [0.1, 0.15) is 56.9 Å². The lowest BCUT2D eigenvalue weighted by molar-refractivity contribution is 0.0527. The van der Waals surface area contributed by atoms with Crippen molar-refractivity contribution in [2.45, 2.75) is 34.2 Å². The standard InChI is InChI=1S/C16H19N3O4S/c1-5-19-11(7-8-17-19)14(21)18-15-12(16(22)23-6-2)9(3)13(24-15)10(4)20/h7-8H,5-6H2,1-4H3,(H,18,21). The molecule has 24 heavy (non-hydrogen) atoms. The summed E-state index contributed by atoms with van der Waals surface area (Å²) in [7, 11) is 0. The Morgan fingerprint density at radius 1 is 1.33 bits per heavy atom. The van der Waals surface area contributed by atoms with Crippen LogP contribution >= 0.6 is 11.3 Å². The third-order valence-electron chi connectivity index (χ3n) is 3.42. The van der Waals surface area contributed by atoms with Crippen LogP contribution in [0.15, 0.2) is 12.3 Å². The summed E-state index contributed by atoms with van der Waals surface area (Å²) in [6.07, 6.45) is 1.53. The summed E-state index contributed by atoms with van der Waals surface area (Å²) in [6, 6.07) is 1.59. The number of nitrogens with one attached hydrogen (secondary N) is 1. The molecule has 0 spiro atoms. The smallest absolute Gasteiger partial charge is 0.341 e. The van der Waals surface area contributed by atoms with Gasteiger partial charge in [0.05, 0.1) is 17.0 Å². The molecule has 7 nitrogen and oxygen atoms in total. The summed E-state index contributed by atoms with van der Waals surface area (Å²) < 4.78 is 6.59. The molecule has 8 heteroatoms. The van der Waals surface area contributed by atoms with Gasteiger partial charge in [-0.2, -0.15) is 5.10 Å². The van der Waals surface area contributed by atoms with Crippen molar-refractivity contribution in [1.29, 1.82) is 0 Å². The first-order valence-corrected chi connectivity index (χ1v) is 8.36. The number of hydrogen-bond donors (Lipinski definition) is 1. The van der Waals surface area contributed by atoms with Crippen molar-refractivity contribution >= 4 is 34.0 Å². The molecule has 0 fully saturated rings. The maximum atomic E-state index is 12.5. The molecule has 0 atom stereocenters. The molecular weight excluding hydrogens is 330 g/mol. The van der Waals surface area contributed by atoms with Crippen molar-refractivity contribution in [3.05, 3.63) is 34.0 Å². The first-order chi connectivity index (χ1) is 11.4. The number of nitrogens with zero attached hydrogens (tertiary/aromatic N) is 2. The van der Waals surface area contributed by atoms with Crippen LogP contribution in [0, 0.1) is 6.92 Å². The molecular formula is C16H19N3O4S. The van der Waals surface area contributed by atoms with E-state index in [2.05, 4.69) is 10.4 Å². The topological polar surface area (TPSA) is 90.3 Å². The molecule has 0 aliphatic carbocycles. The molecule has 0 aromatic carbocycles. The van der Waals surface area contributed by atoms with Gasteiger partial charge in [0.25, 0.3) is 5.91 Å². The van der Waals surface area contributed by atoms with E-state index in [0.29, 0.717) is 27.7 Å². The molecule has 2 rings (SSSR count). The van der Waals surface area contributed by atoms with Crippen LogP contribution in [0.5, 0.6) is 0 Å². The Morgan fingerprint density at radius 3 is 2.62 bits per heavy atom. The van der Waals surface area contributed by atoms with E-state index >= 15 is 0 Å². The average Bonchev–Trinajstić information content (AvgIpc) is 3.11. The van der Waals surface area contributed by atoms with Crippen molar-refractivity contribution in [3.8, 4) is 0 Å². The predicted octanol–water partition coefficient (Wildman–Crippen LogP) is 2.90. The third-order valence-corrected chi connectivity index (χ3v) is 4.73. The number of esters is 1. The van der Waals surface area contributed by atoms with Crippen LogP contribution in [0.3, 0.4) is 0 Å². The molecule has 128 valence electrons. The normalized spacial score (nSPS) is 10.5. The van der Waals surface area contributed by atoms with Crippen molar-refractivity contribution < 1.29 is 19.1 Å². The third kappa shape index (κ3) is 3.38. The highest BCUT2D eigenvalue weighted by Gasteiger charge is 2.26. The van der Waals surface area contributed by atoms with E-state index in [-0.39, 0.29) is 18.0 Å². The number of thiophene rings is 1. The Labute approximate surface area is 143 Å². The molecule has 2 aromatic heterocycles. The van der Waals surface area contributed by atoms with Gasteiger partial charge in [0, 0.05) is 12.7 Å².